The second-order valence-electron chi connectivity index (χ2n) is 3.38. The number of pyridine rings is 1. The summed E-state index contributed by atoms with van der Waals surface area (Å²) in [5.41, 5.74) is 0. The molecule has 0 spiro atoms. The Balaban J connectivity index is 2.44. The van der Waals surface area contributed by atoms with Gasteiger partial charge in [0.2, 0.25) is 0 Å². The van der Waals surface area contributed by atoms with Crippen molar-refractivity contribution in [3.05, 3.63) is 42.1 Å². The SMILES string of the molecule is CN(c1cnccn1)S(=O)(=O)c1cncc(Cl)c1. The third-order valence-electron chi connectivity index (χ3n) is 2.21. The molecule has 0 saturated heterocycles. The van der Waals surface area contributed by atoms with Gasteiger partial charge in [-0.25, -0.2) is 13.4 Å². The normalized spacial score (nSPS) is 11.2. The maximum Gasteiger partial charge on any atom is 0.266 e. The molecule has 0 unspecified atom stereocenters. The Hall–Kier alpha value is -1.73. The number of hydrogen-bond donors (Lipinski definition) is 0. The molecule has 0 amide bonds. The first-order chi connectivity index (χ1) is 8.51. The molecule has 0 aliphatic rings. The number of rotatable bonds is 3. The smallest absolute Gasteiger partial charge is 0.262 e. The van der Waals surface area contributed by atoms with Gasteiger partial charge in [0.05, 0.1) is 11.2 Å². The van der Waals surface area contributed by atoms with Gasteiger partial charge in [-0.2, -0.15) is 0 Å². The summed E-state index contributed by atoms with van der Waals surface area (Å²) in [5.74, 6) is 0.220. The van der Waals surface area contributed by atoms with Crippen molar-refractivity contribution in [1.29, 1.82) is 0 Å². The Morgan fingerprint density at radius 2 is 1.94 bits per heavy atom. The Bertz CT molecular complexity index is 648. The van der Waals surface area contributed by atoms with Gasteiger partial charge in [0.25, 0.3) is 10.0 Å². The topological polar surface area (TPSA) is 76.1 Å². The van der Waals surface area contributed by atoms with Gasteiger partial charge in [-0.1, -0.05) is 11.6 Å². The van der Waals surface area contributed by atoms with Crippen LogP contribution in [0.15, 0.2) is 41.9 Å². The van der Waals surface area contributed by atoms with Crippen LogP contribution in [0, 0.1) is 0 Å². The lowest BCUT2D eigenvalue weighted by atomic mass is 10.5. The average Bonchev–Trinajstić information content (AvgIpc) is 2.39. The van der Waals surface area contributed by atoms with E-state index in [-0.39, 0.29) is 15.7 Å². The zero-order valence-electron chi connectivity index (χ0n) is 9.36. The number of hydrogen-bond acceptors (Lipinski definition) is 5. The van der Waals surface area contributed by atoms with Crippen LogP contribution in [0.25, 0.3) is 0 Å². The van der Waals surface area contributed by atoms with E-state index in [1.165, 1.54) is 44.1 Å². The number of anilines is 1. The predicted octanol–water partition coefficient (Wildman–Crippen LogP) is 1.35. The van der Waals surface area contributed by atoms with Gasteiger partial charge in [-0.15, -0.1) is 0 Å². The minimum Gasteiger partial charge on any atom is -0.262 e. The van der Waals surface area contributed by atoms with E-state index in [1.807, 2.05) is 0 Å². The zero-order valence-corrected chi connectivity index (χ0v) is 10.9. The van der Waals surface area contributed by atoms with Crippen LogP contribution in [0.5, 0.6) is 0 Å². The first-order valence-corrected chi connectivity index (χ1v) is 6.69. The molecule has 0 N–H and O–H groups in total. The first-order valence-electron chi connectivity index (χ1n) is 4.87. The van der Waals surface area contributed by atoms with Gasteiger partial charge < -0.3 is 0 Å². The van der Waals surface area contributed by atoms with Crippen molar-refractivity contribution in [2.45, 2.75) is 4.90 Å². The molecule has 8 heteroatoms. The minimum atomic E-state index is -3.73. The quantitative estimate of drug-likeness (QED) is 0.850. The van der Waals surface area contributed by atoms with E-state index in [0.29, 0.717) is 0 Å². The summed E-state index contributed by atoms with van der Waals surface area (Å²) in [6.45, 7) is 0. The average molecular weight is 285 g/mol. The minimum absolute atomic E-state index is 0.00292. The summed E-state index contributed by atoms with van der Waals surface area (Å²) in [6, 6.07) is 1.33. The lowest BCUT2D eigenvalue weighted by molar-refractivity contribution is 0.593. The van der Waals surface area contributed by atoms with Crippen LogP contribution < -0.4 is 4.31 Å². The number of halogens is 1. The summed E-state index contributed by atoms with van der Waals surface area (Å²) < 4.78 is 25.5. The predicted molar refractivity (Wildman–Crippen MR) is 66.9 cm³/mol. The van der Waals surface area contributed by atoms with Crippen molar-refractivity contribution >= 4 is 27.4 Å². The number of aromatic nitrogens is 3. The lowest BCUT2D eigenvalue weighted by Gasteiger charge is -2.17. The summed E-state index contributed by atoms with van der Waals surface area (Å²) >= 11 is 5.73. The fourth-order valence-electron chi connectivity index (χ4n) is 1.27. The molecule has 2 aromatic heterocycles. The Morgan fingerprint density at radius 3 is 2.56 bits per heavy atom. The van der Waals surface area contributed by atoms with Crippen molar-refractivity contribution in [2.24, 2.45) is 0 Å². The molecule has 0 aliphatic heterocycles. The molecule has 6 nitrogen and oxygen atoms in total. The molecule has 0 saturated carbocycles. The number of sulfonamides is 1. The standard InChI is InChI=1S/C10H9ClN4O2S/c1-15(10-7-12-2-3-14-10)18(16,17)9-4-8(11)5-13-6-9/h2-7H,1H3. The van der Waals surface area contributed by atoms with E-state index in [4.69, 9.17) is 11.6 Å². The Morgan fingerprint density at radius 1 is 1.17 bits per heavy atom. The van der Waals surface area contributed by atoms with E-state index in [2.05, 4.69) is 15.0 Å². The molecule has 0 atom stereocenters. The van der Waals surface area contributed by atoms with Crippen LogP contribution in [0.2, 0.25) is 5.02 Å². The second-order valence-corrected chi connectivity index (χ2v) is 5.78. The van der Waals surface area contributed by atoms with Crippen LogP contribution in [0.1, 0.15) is 0 Å². The van der Waals surface area contributed by atoms with E-state index < -0.39 is 10.0 Å². The van der Waals surface area contributed by atoms with Crippen LogP contribution in [0.3, 0.4) is 0 Å². The van der Waals surface area contributed by atoms with Crippen LogP contribution >= 0.6 is 11.6 Å². The maximum atomic E-state index is 12.2. The molecule has 2 rings (SSSR count). The van der Waals surface area contributed by atoms with E-state index in [9.17, 15) is 8.42 Å². The van der Waals surface area contributed by atoms with Crippen LogP contribution in [-0.4, -0.2) is 30.4 Å². The molecule has 2 heterocycles. The van der Waals surface area contributed by atoms with E-state index >= 15 is 0 Å². The molecule has 0 aromatic carbocycles. The van der Waals surface area contributed by atoms with Crippen molar-refractivity contribution < 1.29 is 8.42 Å². The fraction of sp³-hybridized carbons (Fsp3) is 0.100. The van der Waals surface area contributed by atoms with Crippen molar-refractivity contribution in [3.8, 4) is 0 Å². The third kappa shape index (κ3) is 2.41. The third-order valence-corrected chi connectivity index (χ3v) is 4.14. The molecule has 0 fully saturated rings. The Labute approximate surface area is 109 Å². The monoisotopic (exact) mass is 284 g/mol. The van der Waals surface area contributed by atoms with Gasteiger partial charge >= 0.3 is 0 Å². The summed E-state index contributed by atoms with van der Waals surface area (Å²) in [6.07, 6.45) is 6.83. The van der Waals surface area contributed by atoms with Crippen LogP contribution in [0.4, 0.5) is 5.82 Å². The summed E-state index contributed by atoms with van der Waals surface area (Å²) in [7, 11) is -2.34. The number of nitrogens with zero attached hydrogens (tertiary/aromatic N) is 4. The van der Waals surface area contributed by atoms with Gasteiger partial charge in [0.1, 0.15) is 4.90 Å². The van der Waals surface area contributed by atoms with E-state index in [1.54, 1.807) is 0 Å². The molecule has 0 bridgehead atoms. The second kappa shape index (κ2) is 4.87. The molecule has 2 aromatic rings. The van der Waals surface area contributed by atoms with E-state index in [0.717, 1.165) is 4.31 Å². The van der Waals surface area contributed by atoms with Crippen molar-refractivity contribution in [1.82, 2.24) is 15.0 Å². The first kappa shape index (κ1) is 12.7. The highest BCUT2D eigenvalue weighted by molar-refractivity contribution is 7.92. The lowest BCUT2D eigenvalue weighted by Crippen LogP contribution is -2.27. The highest BCUT2D eigenvalue weighted by Crippen LogP contribution is 2.20. The fourth-order valence-corrected chi connectivity index (χ4v) is 2.63. The maximum absolute atomic E-state index is 12.2. The van der Waals surface area contributed by atoms with Crippen molar-refractivity contribution in [2.75, 3.05) is 11.4 Å². The highest BCUT2D eigenvalue weighted by atomic mass is 35.5. The molecular formula is C10H9ClN4O2S. The molecule has 0 radical (unpaired) electrons. The molecule has 94 valence electrons. The summed E-state index contributed by atoms with van der Waals surface area (Å²) in [5, 5.41) is 0.253. The van der Waals surface area contributed by atoms with Gasteiger partial charge in [0, 0.05) is 31.8 Å². The van der Waals surface area contributed by atoms with Gasteiger partial charge in [-0.05, 0) is 6.07 Å². The summed E-state index contributed by atoms with van der Waals surface area (Å²) in [4.78, 5) is 11.5. The van der Waals surface area contributed by atoms with Crippen molar-refractivity contribution in [3.63, 3.8) is 0 Å². The van der Waals surface area contributed by atoms with Gasteiger partial charge in [-0.3, -0.25) is 14.3 Å². The molecular weight excluding hydrogens is 276 g/mol. The molecule has 0 aliphatic carbocycles. The zero-order chi connectivity index (χ0) is 13.2. The largest absolute Gasteiger partial charge is 0.266 e. The van der Waals surface area contributed by atoms with Gasteiger partial charge in [0.15, 0.2) is 5.82 Å². The van der Waals surface area contributed by atoms with Crippen LogP contribution in [-0.2, 0) is 10.0 Å². The highest BCUT2D eigenvalue weighted by Gasteiger charge is 2.22. The molecule has 18 heavy (non-hydrogen) atoms. The Kier molecular flexibility index (Phi) is 3.44.